The van der Waals surface area contributed by atoms with Crippen molar-refractivity contribution in [2.24, 2.45) is 10.1 Å². The third-order valence-electron chi connectivity index (χ3n) is 5.03. The fraction of sp³-hybridized carbons (Fsp3) is 0.583. The van der Waals surface area contributed by atoms with E-state index >= 15 is 0 Å². The number of aliphatic imine (C=N–C) groups is 1. The van der Waals surface area contributed by atoms with Crippen LogP contribution in [0.3, 0.4) is 0 Å². The molecule has 1 amide bonds. The number of carbonyl (C=O) groups is 1. The summed E-state index contributed by atoms with van der Waals surface area (Å²) in [6, 6.07) is 2.44. The number of thioether (sulfide) groups is 1. The van der Waals surface area contributed by atoms with Crippen molar-refractivity contribution in [2.75, 3.05) is 19.0 Å². The van der Waals surface area contributed by atoms with Crippen LogP contribution in [0, 0.1) is 0 Å². The summed E-state index contributed by atoms with van der Waals surface area (Å²) in [6.07, 6.45) is 6.16. The van der Waals surface area contributed by atoms with Crippen molar-refractivity contribution in [1.82, 2.24) is 5.32 Å². The lowest BCUT2D eigenvalue weighted by Gasteiger charge is -2.24. The van der Waals surface area contributed by atoms with Crippen LogP contribution in [0.25, 0.3) is 0 Å². The molecule has 2 heterocycles. The summed E-state index contributed by atoms with van der Waals surface area (Å²) in [5.74, 6) is 0.987. The van der Waals surface area contributed by atoms with Crippen molar-refractivity contribution >= 4 is 28.4 Å². The Morgan fingerprint density at radius 3 is 2.88 bits per heavy atom. The highest BCUT2D eigenvalue weighted by molar-refractivity contribution is 8.16. The topological polar surface area (TPSA) is 102 Å². The Kier molecular flexibility index (Phi) is 10.7. The first-order chi connectivity index (χ1) is 15.8. The van der Waals surface area contributed by atoms with Crippen molar-refractivity contribution in [1.29, 1.82) is 0 Å². The Hall–Kier alpha value is -2.55. The van der Waals surface area contributed by atoms with Gasteiger partial charge in [-0.3, -0.25) is 9.79 Å². The van der Waals surface area contributed by atoms with Crippen LogP contribution in [0.2, 0.25) is 0 Å². The van der Waals surface area contributed by atoms with E-state index in [4.69, 9.17) is 14.0 Å². The molecule has 0 bridgehead atoms. The van der Waals surface area contributed by atoms with Gasteiger partial charge in [0.05, 0.1) is 12.1 Å². The average molecular weight is 478 g/mol. The molecule has 0 aliphatic carbocycles. The van der Waals surface area contributed by atoms with Gasteiger partial charge in [-0.2, -0.15) is 0 Å². The number of hydrogen-bond acceptors (Lipinski definition) is 8. The van der Waals surface area contributed by atoms with E-state index in [1.165, 1.54) is 17.8 Å². The third-order valence-corrected chi connectivity index (χ3v) is 6.40. The van der Waals surface area contributed by atoms with Crippen molar-refractivity contribution in [3.8, 4) is 5.75 Å². The van der Waals surface area contributed by atoms with Crippen LogP contribution < -0.4 is 15.7 Å². The van der Waals surface area contributed by atoms with Gasteiger partial charge in [-0.1, -0.05) is 50.9 Å². The lowest BCUT2D eigenvalue weighted by atomic mass is 10.0. The summed E-state index contributed by atoms with van der Waals surface area (Å²) in [5, 5.41) is 7.86. The smallest absolute Gasteiger partial charge is 0.339 e. The molecule has 182 valence electrons. The van der Waals surface area contributed by atoms with E-state index in [9.17, 15) is 9.59 Å². The normalized spacial score (nSPS) is 19.0. The first kappa shape index (κ1) is 26.7. The van der Waals surface area contributed by atoms with Crippen molar-refractivity contribution < 1.29 is 18.8 Å². The molecule has 1 aromatic heterocycles. The Labute approximate surface area is 199 Å². The Morgan fingerprint density at radius 1 is 1.39 bits per heavy atom. The van der Waals surface area contributed by atoms with Gasteiger partial charge in [-0.05, 0) is 26.7 Å². The number of ether oxygens (including phenoxy) is 1. The van der Waals surface area contributed by atoms with E-state index in [1.807, 2.05) is 13.8 Å². The second kappa shape index (κ2) is 13.2. The number of carbonyl (C=O) groups excluding carboxylic acids is 1. The highest BCUT2D eigenvalue weighted by Crippen LogP contribution is 2.30. The Morgan fingerprint density at radius 2 is 2.18 bits per heavy atom. The highest BCUT2D eigenvalue weighted by atomic mass is 32.2. The molecule has 1 N–H and O–H groups in total. The van der Waals surface area contributed by atoms with E-state index in [1.54, 1.807) is 19.1 Å². The number of rotatable bonds is 14. The zero-order valence-electron chi connectivity index (χ0n) is 20.0. The molecule has 1 unspecified atom stereocenters. The maximum Gasteiger partial charge on any atom is 0.339 e. The fourth-order valence-electron chi connectivity index (χ4n) is 3.17. The molecule has 0 saturated carbocycles. The number of unbranched alkanes of at least 4 members (excludes halogenated alkanes) is 2. The number of oxime groups is 1. The molecule has 0 saturated heterocycles. The third kappa shape index (κ3) is 8.07. The van der Waals surface area contributed by atoms with E-state index in [0.717, 1.165) is 25.7 Å². The fourth-order valence-corrected chi connectivity index (χ4v) is 4.29. The number of amides is 1. The zero-order valence-corrected chi connectivity index (χ0v) is 20.8. The second-order valence-corrected chi connectivity index (χ2v) is 9.09. The zero-order chi connectivity index (χ0) is 24.3. The molecular formula is C24H35N3O5S. The Bertz CT molecular complexity index is 927. The molecular weight excluding hydrogens is 442 g/mol. The lowest BCUT2D eigenvalue weighted by Crippen LogP contribution is -2.45. The van der Waals surface area contributed by atoms with Crippen LogP contribution in [0.15, 0.2) is 44.1 Å². The van der Waals surface area contributed by atoms with Crippen LogP contribution in [-0.4, -0.2) is 41.2 Å². The summed E-state index contributed by atoms with van der Waals surface area (Å²) in [5.41, 5.74) is -0.825. The van der Waals surface area contributed by atoms with Crippen LogP contribution in [0.5, 0.6) is 5.75 Å². The summed E-state index contributed by atoms with van der Waals surface area (Å²) in [4.78, 5) is 35.2. The molecule has 0 aromatic carbocycles. The molecule has 8 nitrogen and oxygen atoms in total. The van der Waals surface area contributed by atoms with Gasteiger partial charge < -0.3 is 19.3 Å². The minimum absolute atomic E-state index is 0.236. The van der Waals surface area contributed by atoms with Gasteiger partial charge in [0.1, 0.15) is 41.0 Å². The molecule has 2 rings (SSSR count). The van der Waals surface area contributed by atoms with E-state index in [-0.39, 0.29) is 12.5 Å². The molecule has 2 atom stereocenters. The Balaban J connectivity index is 2.12. The van der Waals surface area contributed by atoms with Crippen LogP contribution in [-0.2, 0) is 9.63 Å². The van der Waals surface area contributed by atoms with Crippen molar-refractivity contribution in [3.63, 3.8) is 0 Å². The quantitative estimate of drug-likeness (QED) is 0.181. The van der Waals surface area contributed by atoms with E-state index in [2.05, 4.69) is 29.0 Å². The maximum absolute atomic E-state index is 13.2. The van der Waals surface area contributed by atoms with Gasteiger partial charge >= 0.3 is 5.63 Å². The largest absolute Gasteiger partial charge is 0.489 e. The first-order valence-corrected chi connectivity index (χ1v) is 12.4. The minimum atomic E-state index is -0.956. The maximum atomic E-state index is 13.2. The van der Waals surface area contributed by atoms with Gasteiger partial charge in [0, 0.05) is 11.8 Å². The molecule has 1 aliphatic rings. The van der Waals surface area contributed by atoms with Crippen molar-refractivity contribution in [3.05, 3.63) is 41.0 Å². The highest BCUT2D eigenvalue weighted by Gasteiger charge is 2.40. The summed E-state index contributed by atoms with van der Waals surface area (Å²) in [6.45, 7) is 12.2. The van der Waals surface area contributed by atoms with E-state index < -0.39 is 17.2 Å². The second-order valence-electron chi connectivity index (χ2n) is 8.13. The van der Waals surface area contributed by atoms with Crippen LogP contribution in [0.4, 0.5) is 0 Å². The summed E-state index contributed by atoms with van der Waals surface area (Å²) in [7, 11) is 0. The molecule has 33 heavy (non-hydrogen) atoms. The SMILES string of the molecule is C=CCOc1cc([C@@H](CCC)NC(=O)C2(C)CSC(/C(C)=N/OCCCCC)=N2)oc(=O)c1. The number of hydrogen-bond donors (Lipinski definition) is 1. The van der Waals surface area contributed by atoms with E-state index in [0.29, 0.717) is 41.0 Å². The lowest BCUT2D eigenvalue weighted by molar-refractivity contribution is -0.125. The van der Waals surface area contributed by atoms with Gasteiger partial charge in [0.15, 0.2) is 0 Å². The molecule has 1 aliphatic heterocycles. The van der Waals surface area contributed by atoms with Crippen LogP contribution in [0.1, 0.15) is 71.6 Å². The summed E-state index contributed by atoms with van der Waals surface area (Å²) >= 11 is 1.48. The van der Waals surface area contributed by atoms with Gasteiger partial charge in [-0.25, -0.2) is 4.79 Å². The standard InChI is InChI=1S/C24H35N3O5S/c1-6-9-10-13-31-27-17(4)22-26-24(5,16-33-22)23(29)25-19(11-7-2)20-14-18(30-12-8-3)15-21(28)32-20/h8,14-15,19H,3,6-7,9-13,16H2,1-2,4-5H3,(H,25,29)/b27-17+/t19-,24?/m1/s1. The molecule has 0 spiro atoms. The predicted molar refractivity (Wildman–Crippen MR) is 133 cm³/mol. The number of nitrogens with one attached hydrogen (secondary N) is 1. The van der Waals surface area contributed by atoms with Gasteiger partial charge in [-0.15, -0.1) is 11.8 Å². The average Bonchev–Trinajstić information content (AvgIpc) is 3.20. The number of nitrogens with zero attached hydrogens (tertiary/aromatic N) is 2. The van der Waals surface area contributed by atoms with Gasteiger partial charge in [0.2, 0.25) is 5.91 Å². The summed E-state index contributed by atoms with van der Waals surface area (Å²) < 4.78 is 10.9. The molecule has 9 heteroatoms. The van der Waals surface area contributed by atoms with Gasteiger partial charge in [0.25, 0.3) is 0 Å². The van der Waals surface area contributed by atoms with Crippen LogP contribution >= 0.6 is 11.8 Å². The van der Waals surface area contributed by atoms with Crippen molar-refractivity contribution in [2.45, 2.75) is 71.4 Å². The first-order valence-electron chi connectivity index (χ1n) is 11.4. The molecule has 1 aromatic rings. The predicted octanol–water partition coefficient (Wildman–Crippen LogP) is 4.65. The minimum Gasteiger partial charge on any atom is -0.489 e. The molecule has 0 radical (unpaired) electrons. The molecule has 0 fully saturated rings. The monoisotopic (exact) mass is 477 g/mol.